The number of nitrogens with zero attached hydrogens (tertiary/aromatic N) is 3. The zero-order chi connectivity index (χ0) is 23.0. The van der Waals surface area contributed by atoms with E-state index < -0.39 is 0 Å². The molecule has 174 valence electrons. The molecule has 9 nitrogen and oxygen atoms in total. The van der Waals surface area contributed by atoms with Crippen molar-refractivity contribution in [3.8, 4) is 11.5 Å². The van der Waals surface area contributed by atoms with Crippen LogP contribution in [0.25, 0.3) is 0 Å². The number of furan rings is 1. The minimum atomic E-state index is -0.371. The number of hydrogen-bond donors (Lipinski definition) is 2. The van der Waals surface area contributed by atoms with Crippen LogP contribution >= 0.6 is 0 Å². The van der Waals surface area contributed by atoms with Crippen molar-refractivity contribution in [3.05, 3.63) is 60.7 Å². The predicted octanol–water partition coefficient (Wildman–Crippen LogP) is 4.05. The van der Waals surface area contributed by atoms with Crippen LogP contribution in [0.3, 0.4) is 0 Å². The molecule has 1 aliphatic rings. The number of carbonyl (C=O) groups excluding carboxylic acids is 1. The Bertz CT molecular complexity index is 1020. The molecule has 0 aliphatic carbocycles. The molecule has 0 atom stereocenters. The fourth-order valence-corrected chi connectivity index (χ4v) is 3.82. The third-order valence-electron chi connectivity index (χ3n) is 5.51. The highest BCUT2D eigenvalue weighted by Gasteiger charge is 2.17. The maximum Gasteiger partial charge on any atom is 0.323 e. The van der Waals surface area contributed by atoms with Crippen LogP contribution in [0.5, 0.6) is 11.5 Å². The summed E-state index contributed by atoms with van der Waals surface area (Å²) < 4.78 is 15.6. The van der Waals surface area contributed by atoms with Gasteiger partial charge in [0, 0.05) is 62.2 Å². The quantitative estimate of drug-likeness (QED) is 0.560. The van der Waals surface area contributed by atoms with E-state index in [-0.39, 0.29) is 6.03 Å². The van der Waals surface area contributed by atoms with E-state index in [4.69, 9.17) is 13.9 Å². The lowest BCUT2D eigenvalue weighted by molar-refractivity contribution is 0.262. The Labute approximate surface area is 193 Å². The van der Waals surface area contributed by atoms with Crippen LogP contribution in [0.15, 0.2) is 59.5 Å². The molecular weight excluding hydrogens is 422 g/mol. The van der Waals surface area contributed by atoms with E-state index in [1.165, 1.54) is 5.56 Å². The molecule has 33 heavy (non-hydrogen) atoms. The highest BCUT2D eigenvalue weighted by molar-refractivity contribution is 5.99. The monoisotopic (exact) mass is 451 g/mol. The average molecular weight is 452 g/mol. The molecule has 4 rings (SSSR count). The van der Waals surface area contributed by atoms with Gasteiger partial charge in [-0.1, -0.05) is 0 Å². The van der Waals surface area contributed by atoms with Crippen LogP contribution in [0.1, 0.15) is 12.0 Å². The highest BCUT2D eigenvalue weighted by Crippen LogP contribution is 2.26. The van der Waals surface area contributed by atoms with E-state index in [0.29, 0.717) is 22.9 Å². The van der Waals surface area contributed by atoms with E-state index in [9.17, 15) is 4.79 Å². The van der Waals surface area contributed by atoms with Crippen molar-refractivity contribution in [1.29, 1.82) is 0 Å². The number of methoxy groups -OCH3 is 2. The normalized spacial score (nSPS) is 14.4. The number of hydrogen-bond acceptors (Lipinski definition) is 7. The van der Waals surface area contributed by atoms with Gasteiger partial charge in [-0.15, -0.1) is 0 Å². The smallest absolute Gasteiger partial charge is 0.323 e. The zero-order valence-corrected chi connectivity index (χ0v) is 18.9. The second kappa shape index (κ2) is 10.7. The maximum absolute atomic E-state index is 12.4. The van der Waals surface area contributed by atoms with Gasteiger partial charge in [-0.25, -0.2) is 9.78 Å². The molecule has 2 amide bonds. The summed E-state index contributed by atoms with van der Waals surface area (Å²) in [6, 6.07) is 10.6. The average Bonchev–Trinajstić information content (AvgIpc) is 3.23. The van der Waals surface area contributed by atoms with Gasteiger partial charge < -0.3 is 29.4 Å². The number of urea groups is 1. The Morgan fingerprint density at radius 2 is 1.79 bits per heavy atom. The van der Waals surface area contributed by atoms with Gasteiger partial charge in [0.25, 0.3) is 0 Å². The molecule has 0 spiro atoms. The van der Waals surface area contributed by atoms with E-state index in [0.717, 1.165) is 45.0 Å². The molecule has 0 saturated carbocycles. The van der Waals surface area contributed by atoms with Crippen molar-refractivity contribution < 1.29 is 18.7 Å². The molecule has 2 N–H and O–H groups in total. The standard InChI is InChI=1S/C24H29N5O4/c1-31-21-12-20(13-22(14-21)32-2)27-24(30)26-19-4-5-23(25-15-19)29-8-3-7-28(9-10-29)16-18-6-11-33-17-18/h4-6,11-15,17H,3,7-10,16H2,1-2H3,(H2,26,27,30). The molecule has 9 heteroatoms. The van der Waals surface area contributed by atoms with Crippen LogP contribution in [0.4, 0.5) is 22.0 Å². The summed E-state index contributed by atoms with van der Waals surface area (Å²) >= 11 is 0. The number of nitrogens with one attached hydrogen (secondary N) is 2. The second-order valence-corrected chi connectivity index (χ2v) is 7.83. The summed E-state index contributed by atoms with van der Waals surface area (Å²) in [6.45, 7) is 4.74. The van der Waals surface area contributed by atoms with Gasteiger partial charge in [-0.3, -0.25) is 4.90 Å². The van der Waals surface area contributed by atoms with Crippen LogP contribution in [-0.4, -0.2) is 56.3 Å². The molecule has 3 heterocycles. The highest BCUT2D eigenvalue weighted by atomic mass is 16.5. The molecule has 2 aromatic heterocycles. The fraction of sp³-hybridized carbons (Fsp3) is 0.333. The Morgan fingerprint density at radius 1 is 1.00 bits per heavy atom. The summed E-state index contributed by atoms with van der Waals surface area (Å²) in [5, 5.41) is 5.60. The summed E-state index contributed by atoms with van der Waals surface area (Å²) in [5.74, 6) is 2.09. The van der Waals surface area contributed by atoms with Crippen molar-refractivity contribution in [1.82, 2.24) is 9.88 Å². The molecule has 1 aromatic carbocycles. The van der Waals surface area contributed by atoms with Crippen LogP contribution < -0.4 is 25.0 Å². The first kappa shape index (κ1) is 22.5. The first-order valence-corrected chi connectivity index (χ1v) is 10.9. The molecule has 1 aliphatic heterocycles. The van der Waals surface area contributed by atoms with Crippen molar-refractivity contribution in [2.45, 2.75) is 13.0 Å². The third-order valence-corrected chi connectivity index (χ3v) is 5.51. The Morgan fingerprint density at radius 3 is 2.45 bits per heavy atom. The lowest BCUT2D eigenvalue weighted by Gasteiger charge is -2.22. The molecular formula is C24H29N5O4. The summed E-state index contributed by atoms with van der Waals surface area (Å²) in [5.41, 5.74) is 2.38. The van der Waals surface area contributed by atoms with Crippen molar-refractivity contribution in [2.24, 2.45) is 0 Å². The van der Waals surface area contributed by atoms with Gasteiger partial charge in [0.2, 0.25) is 0 Å². The van der Waals surface area contributed by atoms with Gasteiger partial charge in [0.1, 0.15) is 17.3 Å². The zero-order valence-electron chi connectivity index (χ0n) is 18.9. The number of anilines is 3. The van der Waals surface area contributed by atoms with Gasteiger partial charge in [-0.05, 0) is 24.6 Å². The summed E-state index contributed by atoms with van der Waals surface area (Å²) in [4.78, 5) is 21.7. The maximum atomic E-state index is 12.4. The van der Waals surface area contributed by atoms with E-state index in [1.807, 2.05) is 18.2 Å². The first-order chi connectivity index (χ1) is 16.1. The lowest BCUT2D eigenvalue weighted by Crippen LogP contribution is -2.30. The van der Waals surface area contributed by atoms with E-state index in [1.54, 1.807) is 51.1 Å². The van der Waals surface area contributed by atoms with E-state index in [2.05, 4.69) is 25.4 Å². The summed E-state index contributed by atoms with van der Waals surface area (Å²) in [6.07, 6.45) is 6.25. The number of rotatable bonds is 7. The molecule has 0 radical (unpaired) electrons. The van der Waals surface area contributed by atoms with E-state index >= 15 is 0 Å². The van der Waals surface area contributed by atoms with Crippen molar-refractivity contribution in [2.75, 3.05) is 55.9 Å². The number of amides is 2. The minimum Gasteiger partial charge on any atom is -0.497 e. The number of pyridine rings is 1. The molecule has 3 aromatic rings. The molecule has 1 fully saturated rings. The van der Waals surface area contributed by atoms with Gasteiger partial charge in [0.15, 0.2) is 0 Å². The van der Waals surface area contributed by atoms with Gasteiger partial charge in [-0.2, -0.15) is 0 Å². The number of aromatic nitrogens is 1. The van der Waals surface area contributed by atoms with Crippen LogP contribution in [0, 0.1) is 0 Å². The molecule has 0 bridgehead atoms. The predicted molar refractivity (Wildman–Crippen MR) is 127 cm³/mol. The lowest BCUT2D eigenvalue weighted by atomic mass is 10.3. The Hall–Kier alpha value is -3.72. The Kier molecular flexibility index (Phi) is 7.31. The van der Waals surface area contributed by atoms with Gasteiger partial charge in [0.05, 0.1) is 38.6 Å². The van der Waals surface area contributed by atoms with Gasteiger partial charge >= 0.3 is 6.03 Å². The topological polar surface area (TPSA) is 92.1 Å². The van der Waals surface area contributed by atoms with Crippen LogP contribution in [-0.2, 0) is 6.54 Å². The molecule has 0 unspecified atom stereocenters. The third kappa shape index (κ3) is 6.17. The first-order valence-electron chi connectivity index (χ1n) is 10.9. The SMILES string of the molecule is COc1cc(NC(=O)Nc2ccc(N3CCCN(Cc4ccoc4)CC3)nc2)cc(OC)c1. The molecule has 1 saturated heterocycles. The second-order valence-electron chi connectivity index (χ2n) is 7.83. The number of carbonyl (C=O) groups is 1. The summed E-state index contributed by atoms with van der Waals surface area (Å²) in [7, 11) is 3.13. The number of benzene rings is 1. The minimum absolute atomic E-state index is 0.371. The van der Waals surface area contributed by atoms with Crippen molar-refractivity contribution >= 4 is 23.2 Å². The van der Waals surface area contributed by atoms with Crippen molar-refractivity contribution in [3.63, 3.8) is 0 Å². The Balaban J connectivity index is 1.31. The fourth-order valence-electron chi connectivity index (χ4n) is 3.82. The van der Waals surface area contributed by atoms with Crippen LogP contribution in [0.2, 0.25) is 0 Å². The largest absolute Gasteiger partial charge is 0.497 e. The number of ether oxygens (including phenoxy) is 2.